The quantitative estimate of drug-likeness (QED) is 0.265. The third-order valence-corrected chi connectivity index (χ3v) is 9.70. The molecule has 6 rings (SSSR count). The highest BCUT2D eigenvalue weighted by molar-refractivity contribution is 6.04. The van der Waals surface area contributed by atoms with Crippen molar-refractivity contribution in [1.29, 1.82) is 0 Å². The highest BCUT2D eigenvalue weighted by Crippen LogP contribution is 2.42. The van der Waals surface area contributed by atoms with E-state index in [2.05, 4.69) is 20.5 Å². The number of piperidine rings is 1. The van der Waals surface area contributed by atoms with Gasteiger partial charge in [-0.3, -0.25) is 19.5 Å². The number of amides is 2. The predicted octanol–water partition coefficient (Wildman–Crippen LogP) is 6.31. The molecule has 6 unspecified atom stereocenters. The van der Waals surface area contributed by atoms with Crippen molar-refractivity contribution in [3.8, 4) is 0 Å². The van der Waals surface area contributed by atoms with Gasteiger partial charge in [0, 0.05) is 48.2 Å². The molecule has 3 N–H and O–H groups in total. The molecule has 9 heteroatoms. The summed E-state index contributed by atoms with van der Waals surface area (Å²) >= 11 is 0. The average molecular weight is 641 g/mol. The van der Waals surface area contributed by atoms with Crippen molar-refractivity contribution in [1.82, 2.24) is 15.2 Å². The van der Waals surface area contributed by atoms with Gasteiger partial charge in [0.25, 0.3) is 5.91 Å². The Balaban J connectivity index is 1.24. The first-order valence-electron chi connectivity index (χ1n) is 17.1. The SMILES string of the molecule is CC(C)(C)NC(=O)C1CCC2CCCCC2N1CC1CC(c2ccc(CO)cc2)OC(c2ccc(NC(=O)c3cccnc3)cc2)O1. The number of carbonyl (C=O) groups excluding carboxylic acids is 2. The number of fused-ring (bicyclic) bond motifs is 1. The summed E-state index contributed by atoms with van der Waals surface area (Å²) in [4.78, 5) is 32.9. The molecule has 1 aliphatic carbocycles. The van der Waals surface area contributed by atoms with Crippen LogP contribution in [0.4, 0.5) is 5.69 Å². The van der Waals surface area contributed by atoms with Gasteiger partial charge in [-0.15, -0.1) is 0 Å². The van der Waals surface area contributed by atoms with Crippen LogP contribution in [-0.4, -0.2) is 57.1 Å². The molecule has 3 fully saturated rings. The Hall–Kier alpha value is -3.63. The summed E-state index contributed by atoms with van der Waals surface area (Å²) in [6.07, 6.45) is 9.50. The van der Waals surface area contributed by atoms with E-state index in [0.717, 1.165) is 36.0 Å². The minimum Gasteiger partial charge on any atom is -0.392 e. The van der Waals surface area contributed by atoms with Gasteiger partial charge in [-0.05, 0) is 87.8 Å². The summed E-state index contributed by atoms with van der Waals surface area (Å²) < 4.78 is 13.4. The highest BCUT2D eigenvalue weighted by atomic mass is 16.7. The summed E-state index contributed by atoms with van der Waals surface area (Å²) in [6, 6.07) is 19.1. The molecule has 9 nitrogen and oxygen atoms in total. The first kappa shape index (κ1) is 33.3. The molecule has 1 aromatic heterocycles. The van der Waals surface area contributed by atoms with Crippen molar-refractivity contribution < 1.29 is 24.2 Å². The van der Waals surface area contributed by atoms with Crippen LogP contribution in [0.1, 0.15) is 105 Å². The van der Waals surface area contributed by atoms with Gasteiger partial charge in [-0.2, -0.15) is 0 Å². The number of nitrogens with one attached hydrogen (secondary N) is 2. The van der Waals surface area contributed by atoms with Crippen LogP contribution in [0.15, 0.2) is 73.1 Å². The van der Waals surface area contributed by atoms with Gasteiger partial charge in [0.15, 0.2) is 6.29 Å². The van der Waals surface area contributed by atoms with Crippen LogP contribution in [0.25, 0.3) is 0 Å². The molecule has 0 bridgehead atoms. The van der Waals surface area contributed by atoms with E-state index >= 15 is 0 Å². The van der Waals surface area contributed by atoms with E-state index in [1.165, 1.54) is 25.5 Å². The lowest BCUT2D eigenvalue weighted by atomic mass is 9.75. The largest absolute Gasteiger partial charge is 0.392 e. The number of ether oxygens (including phenoxy) is 2. The molecular formula is C38H48N4O5. The van der Waals surface area contributed by atoms with Crippen molar-refractivity contribution in [2.45, 2.75) is 108 Å². The van der Waals surface area contributed by atoms with Crippen molar-refractivity contribution in [2.75, 3.05) is 11.9 Å². The Morgan fingerprint density at radius 3 is 2.38 bits per heavy atom. The predicted molar refractivity (Wildman–Crippen MR) is 180 cm³/mol. The number of aromatic nitrogens is 1. The molecule has 47 heavy (non-hydrogen) atoms. The van der Waals surface area contributed by atoms with E-state index < -0.39 is 6.29 Å². The van der Waals surface area contributed by atoms with E-state index in [0.29, 0.717) is 36.2 Å². The number of likely N-dealkylation sites (tertiary alicyclic amines) is 1. The van der Waals surface area contributed by atoms with Gasteiger partial charge in [0.05, 0.1) is 30.4 Å². The molecule has 0 radical (unpaired) electrons. The van der Waals surface area contributed by atoms with Gasteiger partial charge >= 0.3 is 0 Å². The molecule has 2 amide bonds. The summed E-state index contributed by atoms with van der Waals surface area (Å²) in [5, 5.41) is 15.8. The van der Waals surface area contributed by atoms with E-state index in [4.69, 9.17) is 9.47 Å². The molecule has 1 saturated carbocycles. The normalized spacial score (nSPS) is 26.6. The zero-order chi connectivity index (χ0) is 33.0. The summed E-state index contributed by atoms with van der Waals surface area (Å²) in [7, 11) is 0. The van der Waals surface area contributed by atoms with Gasteiger partial charge in [-0.25, -0.2) is 0 Å². The summed E-state index contributed by atoms with van der Waals surface area (Å²) in [5.74, 6) is 0.481. The molecule has 2 saturated heterocycles. The van der Waals surface area contributed by atoms with Crippen LogP contribution < -0.4 is 10.6 Å². The topological polar surface area (TPSA) is 113 Å². The lowest BCUT2D eigenvalue weighted by Gasteiger charge is -2.50. The number of anilines is 1. The molecule has 0 spiro atoms. The van der Waals surface area contributed by atoms with Crippen LogP contribution in [0.2, 0.25) is 0 Å². The van der Waals surface area contributed by atoms with Gasteiger partial charge in [0.1, 0.15) is 0 Å². The van der Waals surface area contributed by atoms with Crippen LogP contribution >= 0.6 is 0 Å². The van der Waals surface area contributed by atoms with E-state index in [9.17, 15) is 14.7 Å². The molecule has 3 heterocycles. The number of aliphatic hydroxyl groups excluding tert-OH is 1. The van der Waals surface area contributed by atoms with Gasteiger partial charge in [0.2, 0.25) is 5.91 Å². The van der Waals surface area contributed by atoms with Crippen LogP contribution in [-0.2, 0) is 20.9 Å². The minimum atomic E-state index is -0.631. The van der Waals surface area contributed by atoms with Crippen LogP contribution in [0.3, 0.4) is 0 Å². The maximum Gasteiger partial charge on any atom is 0.257 e. The number of carbonyl (C=O) groups is 2. The van der Waals surface area contributed by atoms with Crippen molar-refractivity contribution >= 4 is 17.5 Å². The zero-order valence-corrected chi connectivity index (χ0v) is 27.7. The molecule has 3 aromatic rings. The molecule has 2 aromatic carbocycles. The first-order valence-corrected chi connectivity index (χ1v) is 17.1. The Kier molecular flexibility index (Phi) is 10.4. The van der Waals surface area contributed by atoms with Crippen molar-refractivity contribution in [3.05, 3.63) is 95.3 Å². The number of benzene rings is 2. The van der Waals surface area contributed by atoms with Gasteiger partial charge in [-0.1, -0.05) is 49.2 Å². The molecule has 250 valence electrons. The fourth-order valence-corrected chi connectivity index (χ4v) is 7.42. The molecule has 6 atom stereocenters. The number of rotatable bonds is 8. The standard InChI is InChI=1S/C38H48N4O5/c1-38(2,3)41-36(45)33-19-16-26-7-4-5-9-32(26)42(33)23-31-21-34(27-12-10-25(24-43)11-13-27)47-37(46-31)28-14-17-30(18-15-28)40-35(44)29-8-6-20-39-22-29/h6,8,10-15,17-18,20,22,26,31-34,37,43H,4-5,7,9,16,19,21,23-24H2,1-3H3,(H,40,44)(H,41,45). The Morgan fingerprint density at radius 2 is 1.68 bits per heavy atom. The minimum absolute atomic E-state index is 0.0145. The Labute approximate surface area is 278 Å². The Bertz CT molecular complexity index is 1490. The average Bonchev–Trinajstić information content (AvgIpc) is 3.08. The van der Waals surface area contributed by atoms with Crippen LogP contribution in [0, 0.1) is 5.92 Å². The fourth-order valence-electron chi connectivity index (χ4n) is 7.42. The lowest BCUT2D eigenvalue weighted by Crippen LogP contribution is -2.61. The highest BCUT2D eigenvalue weighted by Gasteiger charge is 2.44. The van der Waals surface area contributed by atoms with E-state index in [1.54, 1.807) is 18.3 Å². The smallest absolute Gasteiger partial charge is 0.257 e. The van der Waals surface area contributed by atoms with E-state index in [1.807, 2.05) is 69.3 Å². The number of nitrogens with zero attached hydrogens (tertiary/aromatic N) is 2. The molecule has 2 aliphatic heterocycles. The summed E-state index contributed by atoms with van der Waals surface area (Å²) in [5.41, 5.74) is 3.57. The fraction of sp³-hybridized carbons (Fsp3) is 0.500. The second-order valence-corrected chi connectivity index (χ2v) is 14.3. The first-order chi connectivity index (χ1) is 22.7. The Morgan fingerprint density at radius 1 is 0.936 bits per heavy atom. The van der Waals surface area contributed by atoms with Gasteiger partial charge < -0.3 is 25.2 Å². The third-order valence-electron chi connectivity index (χ3n) is 9.70. The number of hydrogen-bond donors (Lipinski definition) is 3. The number of aliphatic hydroxyl groups is 1. The van der Waals surface area contributed by atoms with Crippen molar-refractivity contribution in [3.63, 3.8) is 0 Å². The molecule has 3 aliphatic rings. The van der Waals surface area contributed by atoms with E-state index in [-0.39, 0.29) is 42.2 Å². The zero-order valence-electron chi connectivity index (χ0n) is 27.7. The maximum absolute atomic E-state index is 13.7. The second kappa shape index (κ2) is 14.6. The van der Waals surface area contributed by atoms with Crippen LogP contribution in [0.5, 0.6) is 0 Å². The third kappa shape index (κ3) is 8.27. The molecular weight excluding hydrogens is 592 g/mol. The number of pyridine rings is 1. The second-order valence-electron chi connectivity index (χ2n) is 14.3. The lowest BCUT2D eigenvalue weighted by molar-refractivity contribution is -0.255. The monoisotopic (exact) mass is 640 g/mol. The number of hydrogen-bond acceptors (Lipinski definition) is 7. The maximum atomic E-state index is 13.7. The summed E-state index contributed by atoms with van der Waals surface area (Å²) in [6.45, 7) is 6.74. The van der Waals surface area contributed by atoms with Crippen molar-refractivity contribution in [2.24, 2.45) is 5.92 Å².